The van der Waals surface area contributed by atoms with Gasteiger partial charge in [0.25, 0.3) is 0 Å². The summed E-state index contributed by atoms with van der Waals surface area (Å²) in [7, 11) is 0. The summed E-state index contributed by atoms with van der Waals surface area (Å²) >= 11 is 0. The summed E-state index contributed by atoms with van der Waals surface area (Å²) in [6, 6.07) is 1.68. The van der Waals surface area contributed by atoms with Crippen molar-refractivity contribution < 1.29 is 34.1 Å². The highest BCUT2D eigenvalue weighted by Crippen LogP contribution is 2.69. The number of carbonyl (C=O) groups excluding carboxylic acids is 2. The van der Waals surface area contributed by atoms with Crippen molar-refractivity contribution in [3.63, 3.8) is 0 Å². The maximum atomic E-state index is 13.2. The topological polar surface area (TPSA) is 117 Å². The number of hydrogen-bond acceptors (Lipinski definition) is 7. The van der Waals surface area contributed by atoms with Gasteiger partial charge in [-0.25, -0.2) is 0 Å². The van der Waals surface area contributed by atoms with E-state index >= 15 is 0 Å². The van der Waals surface area contributed by atoms with Gasteiger partial charge in [-0.2, -0.15) is 0 Å². The Labute approximate surface area is 157 Å². The lowest BCUT2D eigenvalue weighted by Gasteiger charge is -2.66. The van der Waals surface area contributed by atoms with Crippen LogP contribution in [0.25, 0.3) is 0 Å². The molecule has 3 aliphatic rings. The van der Waals surface area contributed by atoms with Crippen LogP contribution in [0.4, 0.5) is 0 Å². The van der Waals surface area contributed by atoms with Crippen molar-refractivity contribution in [2.75, 3.05) is 0 Å². The fourth-order valence-corrected chi connectivity index (χ4v) is 5.87. The van der Waals surface area contributed by atoms with Crippen molar-refractivity contribution in [3.05, 3.63) is 24.2 Å². The standard InChI is InChI=1S/C20H26O7/c1-16-7-8-17(2,23)19(20(16,25)6-4-14(21)18(16,3)24)10-13(27-15(19)22)12-5-9-26-11-12/h5,9,11,13,23-25H,4,6-8,10H2,1-3H3/t13-,16-,17+,18+,19-,20-/m1/s1. The minimum atomic E-state index is -1.81. The van der Waals surface area contributed by atoms with Crippen LogP contribution in [0.1, 0.15) is 64.5 Å². The molecule has 2 saturated carbocycles. The van der Waals surface area contributed by atoms with Gasteiger partial charge in [0, 0.05) is 23.8 Å². The lowest BCUT2D eigenvalue weighted by atomic mass is 9.39. The van der Waals surface area contributed by atoms with E-state index in [0.717, 1.165) is 0 Å². The van der Waals surface area contributed by atoms with Gasteiger partial charge in [0.15, 0.2) is 5.78 Å². The average molecular weight is 378 g/mol. The summed E-state index contributed by atoms with van der Waals surface area (Å²) in [6.07, 6.45) is 2.60. The molecule has 1 aromatic heterocycles. The molecule has 3 N–H and O–H groups in total. The van der Waals surface area contributed by atoms with Crippen molar-refractivity contribution in [1.82, 2.24) is 0 Å². The molecule has 1 saturated heterocycles. The molecular weight excluding hydrogens is 352 g/mol. The van der Waals surface area contributed by atoms with Crippen LogP contribution in [0.15, 0.2) is 23.0 Å². The van der Waals surface area contributed by atoms with Crippen LogP contribution in [0.2, 0.25) is 0 Å². The van der Waals surface area contributed by atoms with Crippen LogP contribution in [0, 0.1) is 10.8 Å². The average Bonchev–Trinajstić information content (AvgIpc) is 3.23. The Morgan fingerprint density at radius 2 is 1.78 bits per heavy atom. The van der Waals surface area contributed by atoms with Gasteiger partial charge in [0.05, 0.1) is 23.7 Å². The van der Waals surface area contributed by atoms with Crippen molar-refractivity contribution in [2.45, 2.75) is 75.8 Å². The summed E-state index contributed by atoms with van der Waals surface area (Å²) in [5.41, 5.74) is -7.45. The zero-order chi connectivity index (χ0) is 19.9. The molecule has 1 aromatic rings. The highest BCUT2D eigenvalue weighted by atomic mass is 16.6. The largest absolute Gasteiger partial charge is 0.472 e. The number of ether oxygens (including phenoxy) is 1. The van der Waals surface area contributed by atoms with Gasteiger partial charge < -0.3 is 24.5 Å². The molecular formula is C20H26O7. The number of furan rings is 1. The van der Waals surface area contributed by atoms with Gasteiger partial charge in [-0.15, -0.1) is 0 Å². The molecule has 0 bridgehead atoms. The summed E-state index contributed by atoms with van der Waals surface area (Å²) in [5, 5.41) is 34.3. The highest BCUT2D eigenvalue weighted by Gasteiger charge is 2.80. The number of hydrogen-bond donors (Lipinski definition) is 3. The van der Waals surface area contributed by atoms with E-state index in [1.807, 2.05) is 0 Å². The predicted octanol–water partition coefficient (Wildman–Crippen LogP) is 1.65. The third-order valence-corrected chi connectivity index (χ3v) is 7.99. The Kier molecular flexibility index (Phi) is 3.60. The van der Waals surface area contributed by atoms with Gasteiger partial charge in [-0.3, -0.25) is 9.59 Å². The van der Waals surface area contributed by atoms with Crippen molar-refractivity contribution >= 4 is 11.8 Å². The quantitative estimate of drug-likeness (QED) is 0.636. The van der Waals surface area contributed by atoms with Gasteiger partial charge in [-0.1, -0.05) is 6.92 Å². The van der Waals surface area contributed by atoms with E-state index in [2.05, 4.69) is 0 Å². The van der Waals surface area contributed by atoms with Gasteiger partial charge in [0.1, 0.15) is 17.1 Å². The summed E-state index contributed by atoms with van der Waals surface area (Å²) in [5.74, 6) is -1.05. The zero-order valence-electron chi connectivity index (χ0n) is 15.8. The van der Waals surface area contributed by atoms with Crippen LogP contribution in [0.3, 0.4) is 0 Å². The Morgan fingerprint density at radius 3 is 2.41 bits per heavy atom. The fraction of sp³-hybridized carbons (Fsp3) is 0.700. The minimum absolute atomic E-state index is 0.0121. The molecule has 0 radical (unpaired) electrons. The third kappa shape index (κ3) is 1.92. The molecule has 2 aliphatic carbocycles. The van der Waals surface area contributed by atoms with Crippen molar-refractivity contribution in [1.29, 1.82) is 0 Å². The van der Waals surface area contributed by atoms with Crippen LogP contribution in [-0.4, -0.2) is 43.9 Å². The van der Waals surface area contributed by atoms with E-state index in [1.165, 1.54) is 26.4 Å². The van der Waals surface area contributed by atoms with Crippen LogP contribution >= 0.6 is 0 Å². The smallest absolute Gasteiger partial charge is 0.318 e. The number of fused-ring (bicyclic) bond motifs is 2. The summed E-state index contributed by atoms with van der Waals surface area (Å²) in [4.78, 5) is 25.7. The molecule has 7 heteroatoms. The van der Waals surface area contributed by atoms with E-state index in [4.69, 9.17) is 9.15 Å². The number of carbonyl (C=O) groups is 2. The first-order chi connectivity index (χ1) is 12.4. The molecule has 3 fully saturated rings. The SMILES string of the molecule is C[C@]12CC[C@](C)(O)[C@]3(C[C@H](c4ccoc4)OC3=O)[C@@]1(O)CCC(=O)[C@]2(C)O. The molecule has 6 atom stereocenters. The number of cyclic esters (lactones) is 1. The number of ketones is 1. The third-order valence-electron chi connectivity index (χ3n) is 7.99. The Bertz CT molecular complexity index is 795. The van der Waals surface area contributed by atoms with Crippen LogP contribution < -0.4 is 0 Å². The molecule has 0 unspecified atom stereocenters. The van der Waals surface area contributed by atoms with E-state index in [1.54, 1.807) is 13.0 Å². The molecule has 0 amide bonds. The van der Waals surface area contributed by atoms with E-state index in [9.17, 15) is 24.9 Å². The van der Waals surface area contributed by atoms with Crippen molar-refractivity contribution in [2.24, 2.45) is 10.8 Å². The van der Waals surface area contributed by atoms with Gasteiger partial charge in [0.2, 0.25) is 0 Å². The first-order valence-corrected chi connectivity index (χ1v) is 9.37. The molecule has 148 valence electrons. The Morgan fingerprint density at radius 1 is 1.07 bits per heavy atom. The number of aliphatic hydroxyl groups is 3. The van der Waals surface area contributed by atoms with E-state index in [-0.39, 0.29) is 37.9 Å². The number of rotatable bonds is 1. The van der Waals surface area contributed by atoms with Crippen LogP contribution in [0.5, 0.6) is 0 Å². The Balaban J connectivity index is 1.90. The molecule has 4 rings (SSSR count). The monoisotopic (exact) mass is 378 g/mol. The highest BCUT2D eigenvalue weighted by molar-refractivity contribution is 5.91. The molecule has 0 aromatic carbocycles. The summed E-state index contributed by atoms with van der Waals surface area (Å²) in [6.45, 7) is 4.58. The Hall–Kier alpha value is -1.70. The minimum Gasteiger partial charge on any atom is -0.472 e. The maximum absolute atomic E-state index is 13.2. The lowest BCUT2D eigenvalue weighted by Crippen LogP contribution is -2.79. The summed E-state index contributed by atoms with van der Waals surface area (Å²) < 4.78 is 10.7. The number of Topliss-reactive ketones (excluding diaryl/α,β-unsaturated/α-hetero) is 1. The predicted molar refractivity (Wildman–Crippen MR) is 92.4 cm³/mol. The molecule has 1 aliphatic heterocycles. The first kappa shape index (κ1) is 18.7. The second-order valence-corrected chi connectivity index (χ2v) is 9.02. The second kappa shape index (κ2) is 5.21. The lowest BCUT2D eigenvalue weighted by molar-refractivity contribution is -0.302. The molecule has 7 nitrogen and oxygen atoms in total. The second-order valence-electron chi connectivity index (χ2n) is 9.02. The van der Waals surface area contributed by atoms with Gasteiger partial charge in [-0.05, 0) is 39.2 Å². The van der Waals surface area contributed by atoms with E-state index in [0.29, 0.717) is 5.56 Å². The van der Waals surface area contributed by atoms with Gasteiger partial charge >= 0.3 is 5.97 Å². The van der Waals surface area contributed by atoms with E-state index < -0.39 is 39.7 Å². The first-order valence-electron chi connectivity index (χ1n) is 9.37. The van der Waals surface area contributed by atoms with Crippen molar-refractivity contribution in [3.8, 4) is 0 Å². The molecule has 27 heavy (non-hydrogen) atoms. The normalized spacial score (nSPS) is 49.9. The van der Waals surface area contributed by atoms with Crippen LogP contribution in [-0.2, 0) is 14.3 Å². The fourth-order valence-electron chi connectivity index (χ4n) is 5.87. The zero-order valence-corrected chi connectivity index (χ0v) is 15.8. The molecule has 2 heterocycles. The number of esters is 1. The molecule has 1 spiro atoms. The maximum Gasteiger partial charge on any atom is 0.318 e.